The first kappa shape index (κ1) is 14.7. The van der Waals surface area contributed by atoms with Crippen molar-refractivity contribution < 1.29 is 19.7 Å². The van der Waals surface area contributed by atoms with Crippen molar-refractivity contribution in [1.82, 2.24) is 0 Å². The van der Waals surface area contributed by atoms with Crippen LogP contribution in [-0.4, -0.2) is 29.8 Å². The minimum atomic E-state index is -1.03. The molecule has 0 spiro atoms. The Morgan fingerprint density at radius 3 is 2.50 bits per heavy atom. The molecule has 0 saturated heterocycles. The molecule has 0 aliphatic heterocycles. The number of carboxylic acid groups (broad SMARTS) is 1. The van der Waals surface area contributed by atoms with Crippen LogP contribution in [0.5, 0.6) is 11.5 Å². The second-order valence-electron chi connectivity index (χ2n) is 5.42. The summed E-state index contributed by atoms with van der Waals surface area (Å²) >= 11 is 0. The molecule has 1 fully saturated rings. The Hall–Kier alpha value is -1.75. The Morgan fingerprint density at radius 1 is 1.35 bits per heavy atom. The Labute approximate surface area is 118 Å². The topological polar surface area (TPSA) is 92.8 Å². The zero-order valence-corrected chi connectivity index (χ0v) is 11.7. The van der Waals surface area contributed by atoms with Crippen LogP contribution in [0.2, 0.25) is 0 Å². The highest BCUT2D eigenvalue weighted by Crippen LogP contribution is 2.45. The van der Waals surface area contributed by atoms with Crippen molar-refractivity contribution in [3.05, 3.63) is 23.3 Å². The summed E-state index contributed by atoms with van der Waals surface area (Å²) in [4.78, 5) is 11.2. The summed E-state index contributed by atoms with van der Waals surface area (Å²) in [5.41, 5.74) is 6.34. The zero-order chi connectivity index (χ0) is 14.8. The SMILES string of the molecule is COc1cc(C(=O)O)cc(C2(CN)CCCCC2)c1O. The van der Waals surface area contributed by atoms with Gasteiger partial charge in [0.1, 0.15) is 0 Å². The fourth-order valence-corrected chi connectivity index (χ4v) is 3.10. The van der Waals surface area contributed by atoms with Gasteiger partial charge >= 0.3 is 5.97 Å². The lowest BCUT2D eigenvalue weighted by atomic mass is 9.69. The number of rotatable bonds is 4. The van der Waals surface area contributed by atoms with E-state index in [9.17, 15) is 15.0 Å². The predicted octanol–water partition coefficient (Wildman–Crippen LogP) is 2.26. The van der Waals surface area contributed by atoms with E-state index in [1.54, 1.807) is 6.07 Å². The van der Waals surface area contributed by atoms with Crippen LogP contribution in [0.25, 0.3) is 0 Å². The van der Waals surface area contributed by atoms with Gasteiger partial charge in [-0.15, -0.1) is 0 Å². The molecule has 0 amide bonds. The Balaban J connectivity index is 2.58. The molecule has 0 unspecified atom stereocenters. The lowest BCUT2D eigenvalue weighted by Gasteiger charge is -2.37. The Bertz CT molecular complexity index is 507. The van der Waals surface area contributed by atoms with Gasteiger partial charge in [0, 0.05) is 17.5 Å². The van der Waals surface area contributed by atoms with Crippen molar-refractivity contribution in [2.45, 2.75) is 37.5 Å². The van der Waals surface area contributed by atoms with Gasteiger partial charge < -0.3 is 20.7 Å². The van der Waals surface area contributed by atoms with E-state index in [4.69, 9.17) is 10.5 Å². The lowest BCUT2D eigenvalue weighted by Crippen LogP contribution is -2.37. The molecule has 1 aromatic rings. The Morgan fingerprint density at radius 2 is 2.00 bits per heavy atom. The highest BCUT2D eigenvalue weighted by Gasteiger charge is 2.36. The minimum Gasteiger partial charge on any atom is -0.504 e. The van der Waals surface area contributed by atoms with E-state index in [1.807, 2.05) is 0 Å². The fraction of sp³-hybridized carbons (Fsp3) is 0.533. The third kappa shape index (κ3) is 2.45. The minimum absolute atomic E-state index is 0.0184. The molecule has 1 aliphatic rings. The normalized spacial score (nSPS) is 17.7. The number of hydrogen-bond acceptors (Lipinski definition) is 4. The highest BCUT2D eigenvalue weighted by atomic mass is 16.5. The predicted molar refractivity (Wildman–Crippen MR) is 75.4 cm³/mol. The van der Waals surface area contributed by atoms with Crippen molar-refractivity contribution in [3.8, 4) is 11.5 Å². The van der Waals surface area contributed by atoms with Crippen molar-refractivity contribution in [1.29, 1.82) is 0 Å². The standard InChI is InChI=1S/C15H21NO4/c1-20-12-8-10(14(18)19)7-11(13(12)17)15(9-16)5-3-2-4-6-15/h7-8,17H,2-6,9,16H2,1H3,(H,18,19). The molecule has 1 aliphatic carbocycles. The number of carboxylic acids is 1. The van der Waals surface area contributed by atoms with Crippen LogP contribution in [0.1, 0.15) is 48.0 Å². The molecule has 5 heteroatoms. The van der Waals surface area contributed by atoms with Gasteiger partial charge in [0.2, 0.25) is 0 Å². The van der Waals surface area contributed by atoms with Crippen molar-refractivity contribution >= 4 is 5.97 Å². The molecule has 0 radical (unpaired) electrons. The van der Waals surface area contributed by atoms with E-state index in [-0.39, 0.29) is 22.5 Å². The average molecular weight is 279 g/mol. The molecule has 1 aromatic carbocycles. The fourth-order valence-electron chi connectivity index (χ4n) is 3.10. The van der Waals surface area contributed by atoms with Crippen LogP contribution in [-0.2, 0) is 5.41 Å². The van der Waals surface area contributed by atoms with E-state index in [2.05, 4.69) is 0 Å². The largest absolute Gasteiger partial charge is 0.504 e. The molecule has 0 heterocycles. The summed E-state index contributed by atoms with van der Waals surface area (Å²) in [6.45, 7) is 0.396. The number of carbonyl (C=O) groups is 1. The zero-order valence-electron chi connectivity index (χ0n) is 11.7. The van der Waals surface area contributed by atoms with Gasteiger partial charge in [-0.25, -0.2) is 4.79 Å². The summed E-state index contributed by atoms with van der Waals surface area (Å²) in [7, 11) is 1.42. The van der Waals surface area contributed by atoms with E-state index in [0.29, 0.717) is 12.1 Å². The maximum absolute atomic E-state index is 11.2. The van der Waals surface area contributed by atoms with Crippen LogP contribution in [0, 0.1) is 0 Å². The van der Waals surface area contributed by atoms with E-state index < -0.39 is 5.97 Å². The first-order valence-corrected chi connectivity index (χ1v) is 6.89. The first-order chi connectivity index (χ1) is 9.54. The number of aromatic carboxylic acids is 1. The van der Waals surface area contributed by atoms with Gasteiger partial charge in [-0.1, -0.05) is 19.3 Å². The van der Waals surface area contributed by atoms with Crippen LogP contribution in [0.3, 0.4) is 0 Å². The summed E-state index contributed by atoms with van der Waals surface area (Å²) in [5, 5.41) is 19.6. The first-order valence-electron chi connectivity index (χ1n) is 6.89. The van der Waals surface area contributed by atoms with Crippen LogP contribution in [0.15, 0.2) is 12.1 Å². The monoisotopic (exact) mass is 279 g/mol. The molecular weight excluding hydrogens is 258 g/mol. The number of methoxy groups -OCH3 is 1. The molecule has 0 aromatic heterocycles. The third-order valence-corrected chi connectivity index (χ3v) is 4.31. The number of aromatic hydroxyl groups is 1. The van der Waals surface area contributed by atoms with Gasteiger partial charge in [0.05, 0.1) is 12.7 Å². The highest BCUT2D eigenvalue weighted by molar-refractivity contribution is 5.89. The van der Waals surface area contributed by atoms with E-state index >= 15 is 0 Å². The third-order valence-electron chi connectivity index (χ3n) is 4.31. The van der Waals surface area contributed by atoms with Crippen molar-refractivity contribution in [2.24, 2.45) is 5.73 Å². The second kappa shape index (κ2) is 5.71. The van der Waals surface area contributed by atoms with Gasteiger partial charge in [0.15, 0.2) is 11.5 Å². The molecule has 4 N–H and O–H groups in total. The van der Waals surface area contributed by atoms with E-state index in [0.717, 1.165) is 32.1 Å². The van der Waals surface area contributed by atoms with Gasteiger partial charge in [-0.3, -0.25) is 0 Å². The molecule has 0 atom stereocenters. The molecule has 110 valence electrons. The van der Waals surface area contributed by atoms with Crippen molar-refractivity contribution in [3.63, 3.8) is 0 Å². The number of hydrogen-bond donors (Lipinski definition) is 3. The molecular formula is C15H21NO4. The van der Waals surface area contributed by atoms with Crippen LogP contribution >= 0.6 is 0 Å². The maximum atomic E-state index is 11.2. The molecule has 1 saturated carbocycles. The number of nitrogens with two attached hydrogens (primary N) is 1. The average Bonchev–Trinajstić information content (AvgIpc) is 2.47. The quantitative estimate of drug-likeness (QED) is 0.786. The van der Waals surface area contributed by atoms with Gasteiger partial charge in [0.25, 0.3) is 0 Å². The summed E-state index contributed by atoms with van der Waals surface area (Å²) in [5.74, 6) is -0.823. The summed E-state index contributed by atoms with van der Waals surface area (Å²) < 4.78 is 5.10. The molecule has 20 heavy (non-hydrogen) atoms. The van der Waals surface area contributed by atoms with Crippen molar-refractivity contribution in [2.75, 3.05) is 13.7 Å². The molecule has 5 nitrogen and oxygen atoms in total. The maximum Gasteiger partial charge on any atom is 0.335 e. The number of ether oxygens (including phenoxy) is 1. The van der Waals surface area contributed by atoms with Gasteiger partial charge in [-0.05, 0) is 25.0 Å². The van der Waals surface area contributed by atoms with E-state index in [1.165, 1.54) is 13.2 Å². The summed E-state index contributed by atoms with van der Waals surface area (Å²) in [6.07, 6.45) is 4.96. The van der Waals surface area contributed by atoms with Gasteiger partial charge in [-0.2, -0.15) is 0 Å². The summed E-state index contributed by atoms with van der Waals surface area (Å²) in [6, 6.07) is 2.88. The second-order valence-corrected chi connectivity index (χ2v) is 5.42. The lowest BCUT2D eigenvalue weighted by molar-refractivity contribution is 0.0696. The number of phenolic OH excluding ortho intramolecular Hbond substituents is 1. The molecule has 2 rings (SSSR count). The molecule has 0 bridgehead atoms. The van der Waals surface area contributed by atoms with Crippen LogP contribution in [0.4, 0.5) is 0 Å². The van der Waals surface area contributed by atoms with Crippen LogP contribution < -0.4 is 10.5 Å². The Kier molecular flexibility index (Phi) is 4.18. The number of benzene rings is 1. The smallest absolute Gasteiger partial charge is 0.335 e. The number of phenols is 1.